The monoisotopic (exact) mass is 312 g/mol. The van der Waals surface area contributed by atoms with Crippen molar-refractivity contribution in [2.24, 2.45) is 0 Å². The predicted molar refractivity (Wildman–Crippen MR) is 78.2 cm³/mol. The first kappa shape index (κ1) is 15.7. The lowest BCUT2D eigenvalue weighted by Crippen LogP contribution is -2.28. The number of aromatic amines is 1. The molecule has 0 aliphatic carbocycles. The van der Waals surface area contributed by atoms with Gasteiger partial charge in [0.2, 0.25) is 10.0 Å². The van der Waals surface area contributed by atoms with Crippen LogP contribution in [0, 0.1) is 13.8 Å². The van der Waals surface area contributed by atoms with Crippen LogP contribution in [0.15, 0.2) is 21.6 Å². The zero-order valence-electron chi connectivity index (χ0n) is 12.6. The van der Waals surface area contributed by atoms with Crippen LogP contribution >= 0.6 is 0 Å². The van der Waals surface area contributed by atoms with E-state index in [9.17, 15) is 8.42 Å². The van der Waals surface area contributed by atoms with Crippen LogP contribution in [-0.4, -0.2) is 37.0 Å². The molecule has 0 unspecified atom stereocenters. The third-order valence-electron chi connectivity index (χ3n) is 3.33. The highest BCUT2D eigenvalue weighted by atomic mass is 32.2. The van der Waals surface area contributed by atoms with Gasteiger partial charge in [-0.25, -0.2) is 8.42 Å². The molecule has 0 bridgehead atoms. The van der Waals surface area contributed by atoms with Crippen LogP contribution in [0.1, 0.15) is 22.7 Å². The fourth-order valence-electron chi connectivity index (χ4n) is 2.15. The Kier molecular flexibility index (Phi) is 4.50. The lowest BCUT2D eigenvalue weighted by molar-refractivity contribution is 0.457. The minimum absolute atomic E-state index is 0.237. The molecule has 0 atom stereocenters. The molecule has 0 aliphatic heterocycles. The Balaban J connectivity index is 2.33. The van der Waals surface area contributed by atoms with E-state index in [1.165, 1.54) is 4.31 Å². The largest absolute Gasteiger partial charge is 0.469 e. The Hall–Kier alpha value is -1.64. The number of nitrogens with one attached hydrogen (secondary N) is 2. The first-order chi connectivity index (χ1) is 9.87. The third-order valence-corrected chi connectivity index (χ3v) is 5.34. The van der Waals surface area contributed by atoms with Gasteiger partial charge >= 0.3 is 0 Å². The van der Waals surface area contributed by atoms with E-state index >= 15 is 0 Å². The van der Waals surface area contributed by atoms with Crippen LogP contribution < -0.4 is 5.32 Å². The molecule has 0 fully saturated rings. The van der Waals surface area contributed by atoms with Gasteiger partial charge in [-0.1, -0.05) is 0 Å². The number of H-pyrrole nitrogens is 1. The van der Waals surface area contributed by atoms with E-state index in [0.29, 0.717) is 17.9 Å². The molecule has 7 nitrogen and oxygen atoms in total. The molecule has 0 aliphatic rings. The van der Waals surface area contributed by atoms with Crippen molar-refractivity contribution >= 4 is 10.0 Å². The molecule has 2 rings (SSSR count). The van der Waals surface area contributed by atoms with Gasteiger partial charge in [0, 0.05) is 25.7 Å². The SMILES string of the molecule is CNCc1n[nH]c(C)c1S(=O)(=O)N(C)Cc1ccoc1C. The predicted octanol–water partition coefficient (Wildman–Crippen LogP) is 1.16. The van der Waals surface area contributed by atoms with Gasteiger partial charge in [-0.3, -0.25) is 5.10 Å². The molecule has 0 radical (unpaired) electrons. The van der Waals surface area contributed by atoms with Gasteiger partial charge in [0.15, 0.2) is 0 Å². The van der Waals surface area contributed by atoms with E-state index in [1.807, 2.05) is 6.92 Å². The Morgan fingerprint density at radius 1 is 1.43 bits per heavy atom. The highest BCUT2D eigenvalue weighted by Gasteiger charge is 2.28. The molecular formula is C13H20N4O3S. The summed E-state index contributed by atoms with van der Waals surface area (Å²) in [4.78, 5) is 0.237. The molecule has 2 N–H and O–H groups in total. The van der Waals surface area contributed by atoms with Crippen LogP contribution in [0.4, 0.5) is 0 Å². The topological polar surface area (TPSA) is 91.2 Å². The van der Waals surface area contributed by atoms with Crippen LogP contribution in [0.2, 0.25) is 0 Å². The summed E-state index contributed by atoms with van der Waals surface area (Å²) in [5.41, 5.74) is 1.87. The average molecular weight is 312 g/mol. The fourth-order valence-corrected chi connectivity index (χ4v) is 3.62. The van der Waals surface area contributed by atoms with Crippen molar-refractivity contribution < 1.29 is 12.8 Å². The minimum Gasteiger partial charge on any atom is -0.469 e. The van der Waals surface area contributed by atoms with Crippen LogP contribution in [0.3, 0.4) is 0 Å². The molecule has 0 spiro atoms. The Bertz CT molecular complexity index is 718. The van der Waals surface area contributed by atoms with Gasteiger partial charge in [-0.15, -0.1) is 0 Å². The quantitative estimate of drug-likeness (QED) is 0.835. The lowest BCUT2D eigenvalue weighted by Gasteiger charge is -2.17. The Labute approximate surface area is 124 Å². The van der Waals surface area contributed by atoms with E-state index in [-0.39, 0.29) is 11.4 Å². The highest BCUT2D eigenvalue weighted by Crippen LogP contribution is 2.23. The summed E-state index contributed by atoms with van der Waals surface area (Å²) in [5.74, 6) is 0.719. The van der Waals surface area contributed by atoms with Gasteiger partial charge in [0.05, 0.1) is 17.7 Å². The molecule has 0 saturated carbocycles. The van der Waals surface area contributed by atoms with E-state index in [4.69, 9.17) is 4.42 Å². The summed E-state index contributed by atoms with van der Waals surface area (Å²) >= 11 is 0. The van der Waals surface area contributed by atoms with Gasteiger partial charge in [0.1, 0.15) is 10.7 Å². The summed E-state index contributed by atoms with van der Waals surface area (Å²) < 4.78 is 32.0. The second kappa shape index (κ2) is 6.00. The van der Waals surface area contributed by atoms with E-state index in [1.54, 1.807) is 33.3 Å². The van der Waals surface area contributed by atoms with Crippen molar-refractivity contribution in [3.05, 3.63) is 35.0 Å². The van der Waals surface area contributed by atoms with Gasteiger partial charge < -0.3 is 9.73 Å². The smallest absolute Gasteiger partial charge is 0.246 e. The number of aryl methyl sites for hydroxylation is 2. The van der Waals surface area contributed by atoms with Gasteiger partial charge in [0.25, 0.3) is 0 Å². The van der Waals surface area contributed by atoms with E-state index < -0.39 is 10.0 Å². The number of furan rings is 1. The zero-order chi connectivity index (χ0) is 15.6. The molecule has 0 saturated heterocycles. The molecule has 8 heteroatoms. The first-order valence-corrected chi connectivity index (χ1v) is 7.99. The first-order valence-electron chi connectivity index (χ1n) is 6.55. The fraction of sp³-hybridized carbons (Fsp3) is 0.462. The summed E-state index contributed by atoms with van der Waals surface area (Å²) in [5, 5.41) is 9.72. The second-order valence-corrected chi connectivity index (χ2v) is 6.90. The van der Waals surface area contributed by atoms with Crippen molar-refractivity contribution in [3.63, 3.8) is 0 Å². The van der Waals surface area contributed by atoms with E-state index in [0.717, 1.165) is 11.3 Å². The maximum atomic E-state index is 12.8. The number of hydrogen-bond acceptors (Lipinski definition) is 5. The number of aromatic nitrogens is 2. The van der Waals surface area contributed by atoms with Crippen molar-refractivity contribution in [2.45, 2.75) is 31.8 Å². The maximum absolute atomic E-state index is 12.8. The average Bonchev–Trinajstić information content (AvgIpc) is 2.97. The number of rotatable bonds is 6. The normalized spacial score (nSPS) is 12.2. The van der Waals surface area contributed by atoms with Gasteiger partial charge in [-0.2, -0.15) is 9.40 Å². The molecule has 21 heavy (non-hydrogen) atoms. The van der Waals surface area contributed by atoms with Crippen LogP contribution in [0.25, 0.3) is 0 Å². The molecule has 2 heterocycles. The van der Waals surface area contributed by atoms with Crippen molar-refractivity contribution in [1.29, 1.82) is 0 Å². The molecule has 2 aromatic heterocycles. The number of hydrogen-bond donors (Lipinski definition) is 2. The third kappa shape index (κ3) is 3.02. The van der Waals surface area contributed by atoms with Gasteiger partial charge in [-0.05, 0) is 27.0 Å². The van der Waals surface area contributed by atoms with Crippen molar-refractivity contribution in [1.82, 2.24) is 19.8 Å². The zero-order valence-corrected chi connectivity index (χ0v) is 13.4. The van der Waals surface area contributed by atoms with E-state index in [2.05, 4.69) is 15.5 Å². The summed E-state index contributed by atoms with van der Waals surface area (Å²) in [6.45, 7) is 4.16. The van der Waals surface area contributed by atoms with Crippen LogP contribution in [0.5, 0.6) is 0 Å². The minimum atomic E-state index is -3.61. The molecular weight excluding hydrogens is 292 g/mol. The second-order valence-electron chi connectivity index (χ2n) is 4.92. The number of nitrogens with zero attached hydrogens (tertiary/aromatic N) is 2. The molecule has 0 amide bonds. The van der Waals surface area contributed by atoms with Crippen LogP contribution in [-0.2, 0) is 23.1 Å². The maximum Gasteiger partial charge on any atom is 0.246 e. The Morgan fingerprint density at radius 3 is 2.71 bits per heavy atom. The molecule has 116 valence electrons. The molecule has 2 aromatic rings. The van der Waals surface area contributed by atoms with Crippen molar-refractivity contribution in [2.75, 3.05) is 14.1 Å². The number of sulfonamides is 1. The lowest BCUT2D eigenvalue weighted by atomic mass is 10.3. The summed E-state index contributed by atoms with van der Waals surface area (Å²) in [6, 6.07) is 1.78. The standard InChI is InChI=1S/C13H20N4O3S/c1-9-13(12(7-14-3)16-15-9)21(18,19)17(4)8-11-5-6-20-10(11)2/h5-6,14H,7-8H2,1-4H3,(H,15,16). The summed E-state index contributed by atoms with van der Waals surface area (Å²) in [6.07, 6.45) is 1.56. The molecule has 0 aromatic carbocycles. The Morgan fingerprint density at radius 2 is 2.14 bits per heavy atom. The van der Waals surface area contributed by atoms with Crippen molar-refractivity contribution in [3.8, 4) is 0 Å². The highest BCUT2D eigenvalue weighted by molar-refractivity contribution is 7.89. The summed E-state index contributed by atoms with van der Waals surface area (Å²) in [7, 11) is -0.312.